The quantitative estimate of drug-likeness (QED) is 0.530. The Morgan fingerprint density at radius 3 is 2.55 bits per heavy atom. The van der Waals surface area contributed by atoms with Gasteiger partial charge in [-0.15, -0.1) is 11.3 Å². The standard InChI is InChI=1S/C21H28N6O3S/c1-6-29-21(28)17-13(4)16-19(22-14(5)23-20(16)31-17)27-9-7-26(8-10-27)11-15-24-18(12(2)3)25-30-15/h12H,6-11H2,1-5H3. The summed E-state index contributed by atoms with van der Waals surface area (Å²) < 4.78 is 10.6. The molecule has 10 heteroatoms. The SMILES string of the molecule is CCOC(=O)c1sc2nc(C)nc(N3CCN(Cc4nc(C(C)C)no4)CC3)c2c1C. The predicted molar refractivity (Wildman–Crippen MR) is 119 cm³/mol. The van der Waals surface area contributed by atoms with Gasteiger partial charge in [0.05, 0.1) is 18.5 Å². The third-order valence-corrected chi connectivity index (χ3v) is 6.54. The molecule has 1 saturated heterocycles. The van der Waals surface area contributed by atoms with Gasteiger partial charge < -0.3 is 14.2 Å². The molecule has 4 rings (SSSR count). The summed E-state index contributed by atoms with van der Waals surface area (Å²) in [5.41, 5.74) is 0.892. The van der Waals surface area contributed by atoms with E-state index in [0.717, 1.165) is 53.6 Å². The van der Waals surface area contributed by atoms with E-state index >= 15 is 0 Å². The highest BCUT2D eigenvalue weighted by Gasteiger charge is 2.26. The third kappa shape index (κ3) is 4.40. The van der Waals surface area contributed by atoms with Crippen LogP contribution in [0.15, 0.2) is 4.52 Å². The molecule has 0 radical (unpaired) electrons. The highest BCUT2D eigenvalue weighted by Crippen LogP contribution is 2.36. The molecule has 0 aromatic carbocycles. The molecular weight excluding hydrogens is 416 g/mol. The van der Waals surface area contributed by atoms with Crippen LogP contribution < -0.4 is 4.90 Å². The van der Waals surface area contributed by atoms with Gasteiger partial charge in [-0.25, -0.2) is 14.8 Å². The molecule has 0 aliphatic carbocycles. The van der Waals surface area contributed by atoms with Gasteiger partial charge in [-0.1, -0.05) is 19.0 Å². The van der Waals surface area contributed by atoms with Crippen LogP contribution in [-0.2, 0) is 11.3 Å². The van der Waals surface area contributed by atoms with Gasteiger partial charge >= 0.3 is 5.97 Å². The Bertz CT molecular complexity index is 1080. The largest absolute Gasteiger partial charge is 0.462 e. The van der Waals surface area contributed by atoms with Crippen molar-refractivity contribution in [2.45, 2.75) is 47.1 Å². The lowest BCUT2D eigenvalue weighted by Crippen LogP contribution is -2.46. The number of rotatable bonds is 6. The van der Waals surface area contributed by atoms with Gasteiger partial charge in [-0.3, -0.25) is 4.90 Å². The van der Waals surface area contributed by atoms with Crippen LogP contribution in [0.5, 0.6) is 0 Å². The Morgan fingerprint density at radius 2 is 1.90 bits per heavy atom. The van der Waals surface area contributed by atoms with E-state index in [1.54, 1.807) is 0 Å². The van der Waals surface area contributed by atoms with Crippen molar-refractivity contribution in [3.63, 3.8) is 0 Å². The topological polar surface area (TPSA) is 97.5 Å². The van der Waals surface area contributed by atoms with Crippen molar-refractivity contribution in [1.82, 2.24) is 25.0 Å². The number of carbonyl (C=O) groups excluding carboxylic acids is 1. The number of carbonyl (C=O) groups is 1. The monoisotopic (exact) mass is 444 g/mol. The summed E-state index contributed by atoms with van der Waals surface area (Å²) in [7, 11) is 0. The van der Waals surface area contributed by atoms with Crippen molar-refractivity contribution in [2.24, 2.45) is 0 Å². The molecule has 166 valence electrons. The lowest BCUT2D eigenvalue weighted by molar-refractivity contribution is 0.0531. The zero-order chi connectivity index (χ0) is 22.1. The maximum atomic E-state index is 12.4. The van der Waals surface area contributed by atoms with Crippen molar-refractivity contribution >= 4 is 33.3 Å². The van der Waals surface area contributed by atoms with Gasteiger partial charge in [0.25, 0.3) is 0 Å². The number of thiophene rings is 1. The number of ether oxygens (including phenoxy) is 1. The average molecular weight is 445 g/mol. The van der Waals surface area contributed by atoms with Crippen molar-refractivity contribution < 1.29 is 14.1 Å². The Morgan fingerprint density at radius 1 is 1.16 bits per heavy atom. The van der Waals surface area contributed by atoms with Crippen LogP contribution in [0.3, 0.4) is 0 Å². The minimum atomic E-state index is -0.295. The molecule has 3 aromatic rings. The minimum absolute atomic E-state index is 0.256. The summed E-state index contributed by atoms with van der Waals surface area (Å²) in [5.74, 6) is 2.96. The molecule has 0 atom stereocenters. The van der Waals surface area contributed by atoms with E-state index < -0.39 is 0 Å². The Labute approximate surface area is 185 Å². The second-order valence-corrected chi connectivity index (χ2v) is 9.01. The van der Waals surface area contributed by atoms with Crippen LogP contribution in [0.2, 0.25) is 0 Å². The van der Waals surface area contributed by atoms with Crippen LogP contribution in [0.4, 0.5) is 5.82 Å². The van der Waals surface area contributed by atoms with Gasteiger partial charge in [0.1, 0.15) is 21.3 Å². The lowest BCUT2D eigenvalue weighted by atomic mass is 10.1. The van der Waals surface area contributed by atoms with E-state index in [9.17, 15) is 4.79 Å². The normalized spacial score (nSPS) is 15.2. The highest BCUT2D eigenvalue weighted by molar-refractivity contribution is 7.20. The van der Waals surface area contributed by atoms with E-state index in [0.29, 0.717) is 29.7 Å². The fourth-order valence-corrected chi connectivity index (χ4v) is 4.83. The molecule has 9 nitrogen and oxygen atoms in total. The van der Waals surface area contributed by atoms with Crippen LogP contribution in [-0.4, -0.2) is 63.8 Å². The summed E-state index contributed by atoms with van der Waals surface area (Å²) in [6, 6.07) is 0. The van der Waals surface area contributed by atoms with Gasteiger partial charge in [-0.2, -0.15) is 4.98 Å². The summed E-state index contributed by atoms with van der Waals surface area (Å²) in [5, 5.41) is 5.00. The fourth-order valence-electron chi connectivity index (χ4n) is 3.72. The number of fused-ring (bicyclic) bond motifs is 1. The average Bonchev–Trinajstić information content (AvgIpc) is 3.33. The maximum absolute atomic E-state index is 12.4. The lowest BCUT2D eigenvalue weighted by Gasteiger charge is -2.35. The first-order chi connectivity index (χ1) is 14.9. The Hall–Kier alpha value is -2.59. The maximum Gasteiger partial charge on any atom is 0.348 e. The van der Waals surface area contributed by atoms with Gasteiger partial charge in [0.2, 0.25) is 5.89 Å². The Balaban J connectivity index is 1.52. The molecule has 1 aliphatic rings. The second kappa shape index (κ2) is 8.88. The summed E-state index contributed by atoms with van der Waals surface area (Å²) in [4.78, 5) is 32.2. The van der Waals surface area contributed by atoms with Crippen LogP contribution in [0, 0.1) is 13.8 Å². The number of hydrogen-bond acceptors (Lipinski definition) is 10. The number of aromatic nitrogens is 4. The molecule has 0 unspecified atom stereocenters. The smallest absolute Gasteiger partial charge is 0.348 e. The van der Waals surface area contributed by atoms with Crippen molar-refractivity contribution in [3.8, 4) is 0 Å². The molecule has 0 bridgehead atoms. The van der Waals surface area contributed by atoms with E-state index in [4.69, 9.17) is 14.2 Å². The molecular formula is C21H28N6O3S. The first kappa shape index (κ1) is 21.6. The first-order valence-electron chi connectivity index (χ1n) is 10.6. The molecule has 4 heterocycles. The highest BCUT2D eigenvalue weighted by atomic mass is 32.1. The summed E-state index contributed by atoms with van der Waals surface area (Å²) >= 11 is 1.38. The van der Waals surface area contributed by atoms with E-state index in [1.165, 1.54) is 11.3 Å². The van der Waals surface area contributed by atoms with E-state index in [-0.39, 0.29) is 11.9 Å². The molecule has 1 aliphatic heterocycles. The van der Waals surface area contributed by atoms with Crippen LogP contribution >= 0.6 is 11.3 Å². The number of piperazine rings is 1. The molecule has 0 amide bonds. The number of nitrogens with zero attached hydrogens (tertiary/aromatic N) is 6. The zero-order valence-electron chi connectivity index (χ0n) is 18.6. The molecule has 31 heavy (non-hydrogen) atoms. The van der Waals surface area contributed by atoms with E-state index in [2.05, 4.69) is 38.8 Å². The molecule has 0 N–H and O–H groups in total. The minimum Gasteiger partial charge on any atom is -0.462 e. The van der Waals surface area contributed by atoms with Gasteiger partial charge in [0, 0.05) is 32.1 Å². The summed E-state index contributed by atoms with van der Waals surface area (Å²) in [6.07, 6.45) is 0. The molecule has 0 spiro atoms. The van der Waals surface area contributed by atoms with Crippen molar-refractivity contribution in [3.05, 3.63) is 28.0 Å². The Kier molecular flexibility index (Phi) is 6.19. The molecule has 3 aromatic heterocycles. The number of esters is 1. The van der Waals surface area contributed by atoms with Crippen LogP contribution in [0.1, 0.15) is 59.5 Å². The number of anilines is 1. The van der Waals surface area contributed by atoms with Crippen molar-refractivity contribution in [2.75, 3.05) is 37.7 Å². The van der Waals surface area contributed by atoms with Gasteiger partial charge in [0.15, 0.2) is 5.82 Å². The second-order valence-electron chi connectivity index (χ2n) is 8.02. The van der Waals surface area contributed by atoms with Gasteiger partial charge in [-0.05, 0) is 26.3 Å². The summed E-state index contributed by atoms with van der Waals surface area (Å²) in [6.45, 7) is 14.1. The first-order valence-corrected chi connectivity index (χ1v) is 11.4. The number of hydrogen-bond donors (Lipinski definition) is 0. The van der Waals surface area contributed by atoms with Crippen molar-refractivity contribution in [1.29, 1.82) is 0 Å². The fraction of sp³-hybridized carbons (Fsp3) is 0.571. The molecule has 1 fully saturated rings. The zero-order valence-corrected chi connectivity index (χ0v) is 19.5. The third-order valence-electron chi connectivity index (χ3n) is 5.37. The molecule has 0 saturated carbocycles. The van der Waals surface area contributed by atoms with Crippen LogP contribution in [0.25, 0.3) is 10.2 Å². The predicted octanol–water partition coefficient (Wildman–Crippen LogP) is 3.31. The number of aryl methyl sites for hydroxylation is 2. The van der Waals surface area contributed by atoms with E-state index in [1.807, 2.05) is 20.8 Å².